The maximum Gasteiger partial charge on any atom is 0.309 e. The van der Waals surface area contributed by atoms with E-state index >= 15 is 0 Å². The smallest absolute Gasteiger partial charge is 0.309 e. The standard InChI is InChI=1S/C96H150O15Si2/c1-85(2,3)112(27,28)95(23,24)103-61-54-90(13,14)105-67-77(68-106-91(15,16)55-62-104-96(25,26)113(29,30)86(4,5)6)99-57-51-87(7,8)100-60-56-92(17,18)111-78(69-107-88(9,10)52-58-101-93(19,20)65-83(97)109-81-63-75-43-33-31-39-71(75)47-49-73-41-35-37-45-79(73)81)70-108-89(11,12)53-59-102-94(21,22)66-84(98)110-82-64-76-44-34-32-40-72(76)48-50-74-42-36-38-46-80(74)82/h31-46,77-78,81-82H,51-70H2,1-30H3. The van der Waals surface area contributed by atoms with Gasteiger partial charge in [-0.15, -0.1) is 0 Å². The summed E-state index contributed by atoms with van der Waals surface area (Å²) < 4.78 is 86.9. The van der Waals surface area contributed by atoms with Crippen LogP contribution in [0.1, 0.15) is 288 Å². The summed E-state index contributed by atoms with van der Waals surface area (Å²) in [6, 6.07) is 31.8. The number of fused-ring (bicyclic) bond motifs is 4. The molecule has 0 spiro atoms. The molecule has 0 saturated carbocycles. The number of ether oxygens (including phenoxy) is 13. The first kappa shape index (κ1) is 96.8. The zero-order chi connectivity index (χ0) is 84.6. The van der Waals surface area contributed by atoms with Crippen molar-refractivity contribution in [1.29, 1.82) is 0 Å². The second-order valence-electron chi connectivity index (χ2n) is 40.8. The third kappa shape index (κ3) is 31.0. The second-order valence-corrected chi connectivity index (χ2v) is 52.7. The van der Waals surface area contributed by atoms with Crippen LogP contribution >= 0.6 is 0 Å². The van der Waals surface area contributed by atoms with Crippen LogP contribution in [0.4, 0.5) is 0 Å². The average molecular weight is 1600 g/mol. The molecule has 2 unspecified atom stereocenters. The lowest BCUT2D eigenvalue weighted by Gasteiger charge is -2.48. The third-order valence-electron chi connectivity index (χ3n) is 24.7. The molecule has 0 aromatic heterocycles. The summed E-state index contributed by atoms with van der Waals surface area (Å²) in [5.41, 5.74) is 2.21. The van der Waals surface area contributed by atoms with E-state index in [1.165, 1.54) is 0 Å². The molecule has 4 aromatic carbocycles. The Bertz CT molecular complexity index is 3590. The molecule has 0 radical (unpaired) electrons. The van der Waals surface area contributed by atoms with Crippen LogP contribution in [-0.2, 0) is 84.0 Å². The first-order valence-corrected chi connectivity index (χ1v) is 47.8. The number of carbonyl (C=O) groups excluding carboxylic acids is 2. The molecule has 0 bridgehead atoms. The highest BCUT2D eigenvalue weighted by Gasteiger charge is 2.50. The van der Waals surface area contributed by atoms with Crippen molar-refractivity contribution in [3.63, 3.8) is 0 Å². The number of hydrogen-bond acceptors (Lipinski definition) is 15. The molecule has 2 aliphatic rings. The van der Waals surface area contributed by atoms with Gasteiger partial charge in [0.15, 0.2) is 0 Å². The lowest BCUT2D eigenvalue weighted by molar-refractivity contribution is -0.180. The van der Waals surface area contributed by atoms with Crippen molar-refractivity contribution in [2.45, 2.75) is 360 Å². The lowest BCUT2D eigenvalue weighted by Crippen LogP contribution is -2.58. The van der Waals surface area contributed by atoms with Crippen LogP contribution in [0, 0.1) is 23.7 Å². The zero-order valence-electron chi connectivity index (χ0n) is 75.8. The van der Waals surface area contributed by atoms with Crippen LogP contribution in [-0.4, -0.2) is 162 Å². The molecule has 15 nitrogen and oxygen atoms in total. The summed E-state index contributed by atoms with van der Waals surface area (Å²) in [6.45, 7) is 69.4. The summed E-state index contributed by atoms with van der Waals surface area (Å²) >= 11 is 0. The quantitative estimate of drug-likeness (QED) is 0.0234. The largest absolute Gasteiger partial charge is 0.457 e. The van der Waals surface area contributed by atoms with E-state index in [9.17, 15) is 9.59 Å². The number of carbonyl (C=O) groups is 2. The Balaban J connectivity index is 1.08. The Morgan fingerprint density at radius 3 is 0.965 bits per heavy atom. The van der Waals surface area contributed by atoms with Gasteiger partial charge < -0.3 is 61.6 Å². The van der Waals surface area contributed by atoms with Crippen molar-refractivity contribution >= 4 is 28.1 Å². The van der Waals surface area contributed by atoms with Crippen molar-refractivity contribution in [2.24, 2.45) is 0 Å². The molecular formula is C96H150O15Si2. The first-order valence-electron chi connectivity index (χ1n) is 41.8. The maximum atomic E-state index is 13.9. The van der Waals surface area contributed by atoms with Crippen molar-refractivity contribution in [1.82, 2.24) is 0 Å². The highest BCUT2D eigenvalue weighted by molar-refractivity contribution is 6.83. The molecule has 0 saturated heterocycles. The molecule has 6 rings (SSSR count). The minimum absolute atomic E-state index is 0.0506. The fraction of sp³-hybridized carbons (Fsp3) is 0.688. The minimum Gasteiger partial charge on any atom is -0.457 e. The minimum atomic E-state index is -1.82. The van der Waals surface area contributed by atoms with Gasteiger partial charge in [-0.2, -0.15) is 0 Å². The Kier molecular flexibility index (Phi) is 34.0. The Morgan fingerprint density at radius 1 is 0.336 bits per heavy atom. The number of benzene rings is 4. The molecule has 2 aliphatic carbocycles. The topological polar surface area (TPSA) is 154 Å². The predicted octanol–water partition coefficient (Wildman–Crippen LogP) is 21.4. The van der Waals surface area contributed by atoms with Crippen LogP contribution in [0.5, 0.6) is 0 Å². The highest BCUT2D eigenvalue weighted by Crippen LogP contribution is 2.46. The van der Waals surface area contributed by atoms with E-state index in [-0.39, 0.29) is 64.6 Å². The monoisotopic (exact) mass is 1600 g/mol. The molecule has 0 fully saturated rings. The van der Waals surface area contributed by atoms with Gasteiger partial charge in [0.25, 0.3) is 0 Å². The molecule has 0 N–H and O–H groups in total. The van der Waals surface area contributed by atoms with Gasteiger partial charge in [0.1, 0.15) is 24.4 Å². The van der Waals surface area contributed by atoms with Gasteiger partial charge in [0.2, 0.25) is 0 Å². The van der Waals surface area contributed by atoms with E-state index in [1.807, 2.05) is 152 Å². The van der Waals surface area contributed by atoms with Crippen molar-refractivity contribution < 1.29 is 71.2 Å². The molecule has 2 atom stereocenters. The van der Waals surface area contributed by atoms with Gasteiger partial charge in [-0.1, -0.05) is 164 Å². The van der Waals surface area contributed by atoms with E-state index < -0.39 is 79.3 Å². The molecule has 17 heteroatoms. The zero-order valence-corrected chi connectivity index (χ0v) is 77.8. The van der Waals surface area contributed by atoms with E-state index in [0.717, 1.165) is 57.3 Å². The molecular weight excluding hydrogens is 1450 g/mol. The number of hydrogen-bond donors (Lipinski definition) is 0. The molecule has 0 aliphatic heterocycles. The fourth-order valence-electron chi connectivity index (χ4n) is 13.6. The van der Waals surface area contributed by atoms with Gasteiger partial charge in [-0.25, -0.2) is 0 Å². The van der Waals surface area contributed by atoms with Gasteiger partial charge in [0.05, 0.1) is 130 Å². The normalized spacial score (nSPS) is 16.1. The summed E-state index contributed by atoms with van der Waals surface area (Å²) in [4.78, 5) is 27.8. The third-order valence-corrected chi connectivity index (χ3v) is 38.5. The Hall–Kier alpha value is -5.07. The summed E-state index contributed by atoms with van der Waals surface area (Å²) in [5, 5.41) is -0.0834. The maximum absolute atomic E-state index is 13.9. The van der Waals surface area contributed by atoms with Gasteiger partial charge in [-0.05, 0) is 222 Å². The summed E-state index contributed by atoms with van der Waals surface area (Å²) in [7, 11) is -3.64. The molecule has 4 aromatic rings. The van der Waals surface area contributed by atoms with Crippen molar-refractivity contribution in [3.05, 3.63) is 142 Å². The highest BCUT2D eigenvalue weighted by atomic mass is 28.3. The van der Waals surface area contributed by atoms with Crippen LogP contribution in [0.3, 0.4) is 0 Å². The van der Waals surface area contributed by atoms with E-state index in [4.69, 9.17) is 61.6 Å². The summed E-state index contributed by atoms with van der Waals surface area (Å²) in [5.74, 6) is 12.6. The Labute approximate surface area is 686 Å². The summed E-state index contributed by atoms with van der Waals surface area (Å²) in [6.07, 6.45) is 2.98. The second kappa shape index (κ2) is 39.7. The van der Waals surface area contributed by atoms with Crippen molar-refractivity contribution in [2.75, 3.05) is 66.1 Å². The molecule has 0 heterocycles. The molecule has 632 valence electrons. The van der Waals surface area contributed by atoms with E-state index in [1.54, 1.807) is 0 Å². The predicted molar refractivity (Wildman–Crippen MR) is 463 cm³/mol. The van der Waals surface area contributed by atoms with E-state index in [0.29, 0.717) is 91.4 Å². The number of rotatable bonds is 46. The first-order chi connectivity index (χ1) is 51.9. The SMILES string of the molecule is CC(C)(CCOC(COC(C)(C)CCOC(C)(C)[Si](C)(C)C(C)(C)C)COC(C)(C)CCOC(C)(C)[Si](C)(C)C(C)(C)C)OCCC(C)(C)OC(COC(C)(C)CCOC(C)(C)CC(=O)OC1Cc2ccccc2C#Cc2ccccc21)COC(C)(C)CCOC(C)(C)CC(=O)OC1Cc2ccccc2C#Cc2ccccc21. The molecule has 113 heavy (non-hydrogen) atoms. The van der Waals surface area contributed by atoms with Crippen LogP contribution in [0.15, 0.2) is 97.1 Å². The Morgan fingerprint density at radius 2 is 0.611 bits per heavy atom. The lowest BCUT2D eigenvalue weighted by atomic mass is 9.92. The van der Waals surface area contributed by atoms with Crippen LogP contribution in [0.25, 0.3) is 0 Å². The van der Waals surface area contributed by atoms with Gasteiger partial charge in [0, 0.05) is 66.0 Å². The van der Waals surface area contributed by atoms with E-state index in [2.05, 4.69) is 174 Å². The molecule has 0 amide bonds. The fourth-order valence-corrected chi connectivity index (χ4v) is 18.1. The van der Waals surface area contributed by atoms with Crippen LogP contribution in [0.2, 0.25) is 36.3 Å². The van der Waals surface area contributed by atoms with Crippen LogP contribution < -0.4 is 0 Å². The number of esters is 2. The van der Waals surface area contributed by atoms with Crippen molar-refractivity contribution in [3.8, 4) is 23.7 Å². The average Bonchev–Trinajstić information content (AvgIpc) is 0.784. The van der Waals surface area contributed by atoms with Gasteiger partial charge in [-0.3, -0.25) is 9.59 Å². The van der Waals surface area contributed by atoms with Gasteiger partial charge >= 0.3 is 11.9 Å².